The van der Waals surface area contributed by atoms with Crippen LogP contribution in [0.25, 0.3) is 0 Å². The molecule has 0 heterocycles. The van der Waals surface area contributed by atoms with Crippen LogP contribution in [0.4, 0.5) is 4.79 Å². The molecule has 1 atom stereocenters. The SMILES string of the molecule is C=C(C)COCCNC(=O)N[C@@H](C)c1cccc(O)c1. The molecule has 0 spiro atoms. The third-order valence-corrected chi connectivity index (χ3v) is 2.60. The lowest BCUT2D eigenvalue weighted by Crippen LogP contribution is -2.38. The molecule has 0 fully saturated rings. The lowest BCUT2D eigenvalue weighted by molar-refractivity contribution is 0.157. The number of phenolic OH excluding ortho intramolecular Hbond substituents is 1. The predicted octanol–water partition coefficient (Wildman–Crippen LogP) is 2.35. The van der Waals surface area contributed by atoms with Gasteiger partial charge >= 0.3 is 6.03 Å². The van der Waals surface area contributed by atoms with Crippen LogP contribution in [0.1, 0.15) is 25.5 Å². The topological polar surface area (TPSA) is 70.6 Å². The van der Waals surface area contributed by atoms with Crippen molar-refractivity contribution < 1.29 is 14.6 Å². The van der Waals surface area contributed by atoms with Gasteiger partial charge in [-0.1, -0.05) is 24.3 Å². The largest absolute Gasteiger partial charge is 0.508 e. The molecule has 2 amide bonds. The van der Waals surface area contributed by atoms with Crippen LogP contribution in [0.15, 0.2) is 36.4 Å². The van der Waals surface area contributed by atoms with Crippen LogP contribution < -0.4 is 10.6 Å². The fourth-order valence-corrected chi connectivity index (χ4v) is 1.61. The molecule has 110 valence electrons. The summed E-state index contributed by atoms with van der Waals surface area (Å²) in [5.74, 6) is 0.185. The second-order valence-corrected chi connectivity index (χ2v) is 4.73. The van der Waals surface area contributed by atoms with E-state index in [1.54, 1.807) is 18.2 Å². The minimum absolute atomic E-state index is 0.182. The number of hydrogen-bond donors (Lipinski definition) is 3. The molecular weight excluding hydrogens is 256 g/mol. The van der Waals surface area contributed by atoms with Crippen molar-refractivity contribution in [3.63, 3.8) is 0 Å². The number of aromatic hydroxyl groups is 1. The lowest BCUT2D eigenvalue weighted by atomic mass is 10.1. The van der Waals surface area contributed by atoms with Crippen LogP contribution in [0.5, 0.6) is 5.75 Å². The van der Waals surface area contributed by atoms with E-state index in [0.29, 0.717) is 19.8 Å². The molecule has 0 saturated heterocycles. The Morgan fingerprint density at radius 1 is 1.50 bits per heavy atom. The first kappa shape index (κ1) is 16.0. The highest BCUT2D eigenvalue weighted by Crippen LogP contribution is 2.17. The quantitative estimate of drug-likeness (QED) is 0.529. The van der Waals surface area contributed by atoms with Gasteiger partial charge in [0.05, 0.1) is 19.3 Å². The number of nitrogens with one attached hydrogen (secondary N) is 2. The molecule has 1 aromatic carbocycles. The van der Waals surface area contributed by atoms with Crippen LogP contribution in [-0.4, -0.2) is 30.9 Å². The standard InChI is InChI=1S/C15H22N2O3/c1-11(2)10-20-8-7-16-15(19)17-12(3)13-5-4-6-14(18)9-13/h4-6,9,12,18H,1,7-8,10H2,2-3H3,(H2,16,17,19)/t12-/m0/s1. The van der Waals surface area contributed by atoms with E-state index in [0.717, 1.165) is 11.1 Å². The number of ether oxygens (including phenoxy) is 1. The number of phenols is 1. The molecule has 0 bridgehead atoms. The highest BCUT2D eigenvalue weighted by molar-refractivity contribution is 5.74. The zero-order valence-electron chi connectivity index (χ0n) is 12.0. The van der Waals surface area contributed by atoms with E-state index < -0.39 is 0 Å². The van der Waals surface area contributed by atoms with Gasteiger partial charge in [0, 0.05) is 6.54 Å². The summed E-state index contributed by atoms with van der Waals surface area (Å²) in [6, 6.07) is 6.36. The van der Waals surface area contributed by atoms with E-state index in [2.05, 4.69) is 17.2 Å². The summed E-state index contributed by atoms with van der Waals surface area (Å²) in [5.41, 5.74) is 1.80. The number of urea groups is 1. The monoisotopic (exact) mass is 278 g/mol. The van der Waals surface area contributed by atoms with E-state index in [-0.39, 0.29) is 17.8 Å². The number of benzene rings is 1. The molecule has 0 aliphatic rings. The smallest absolute Gasteiger partial charge is 0.315 e. The first-order valence-electron chi connectivity index (χ1n) is 6.54. The van der Waals surface area contributed by atoms with E-state index >= 15 is 0 Å². The summed E-state index contributed by atoms with van der Waals surface area (Å²) in [7, 11) is 0. The summed E-state index contributed by atoms with van der Waals surface area (Å²) in [4.78, 5) is 11.7. The summed E-state index contributed by atoms with van der Waals surface area (Å²) in [6.07, 6.45) is 0. The maximum atomic E-state index is 11.7. The highest BCUT2D eigenvalue weighted by atomic mass is 16.5. The van der Waals surface area contributed by atoms with Gasteiger partial charge in [-0.3, -0.25) is 0 Å². The molecule has 0 aliphatic carbocycles. The van der Waals surface area contributed by atoms with Crippen molar-refractivity contribution in [3.8, 4) is 5.75 Å². The van der Waals surface area contributed by atoms with Gasteiger partial charge in [-0.05, 0) is 31.5 Å². The van der Waals surface area contributed by atoms with Gasteiger partial charge in [0.1, 0.15) is 5.75 Å². The van der Waals surface area contributed by atoms with Gasteiger partial charge in [-0.25, -0.2) is 4.79 Å². The number of carbonyl (C=O) groups is 1. The summed E-state index contributed by atoms with van der Waals surface area (Å²) in [6.45, 7) is 8.85. The number of carbonyl (C=O) groups excluding carboxylic acids is 1. The van der Waals surface area contributed by atoms with Crippen molar-refractivity contribution in [3.05, 3.63) is 42.0 Å². The lowest BCUT2D eigenvalue weighted by Gasteiger charge is -2.15. The Hall–Kier alpha value is -2.01. The molecular formula is C15H22N2O3. The fraction of sp³-hybridized carbons (Fsp3) is 0.400. The molecule has 0 unspecified atom stereocenters. The molecule has 5 heteroatoms. The summed E-state index contributed by atoms with van der Waals surface area (Å²) >= 11 is 0. The number of rotatable bonds is 7. The van der Waals surface area contributed by atoms with Gasteiger partial charge < -0.3 is 20.5 Å². The van der Waals surface area contributed by atoms with E-state index in [9.17, 15) is 9.90 Å². The molecule has 5 nitrogen and oxygen atoms in total. The minimum atomic E-state index is -0.264. The van der Waals surface area contributed by atoms with Crippen molar-refractivity contribution in [2.45, 2.75) is 19.9 Å². The van der Waals surface area contributed by atoms with Crippen molar-refractivity contribution >= 4 is 6.03 Å². The Labute approximate surface area is 119 Å². The third kappa shape index (κ3) is 6.24. The molecule has 3 N–H and O–H groups in total. The third-order valence-electron chi connectivity index (χ3n) is 2.60. The normalized spacial score (nSPS) is 11.7. The van der Waals surface area contributed by atoms with Gasteiger partial charge in [0.15, 0.2) is 0 Å². The molecule has 1 rings (SSSR count). The highest BCUT2D eigenvalue weighted by Gasteiger charge is 2.09. The van der Waals surface area contributed by atoms with E-state index in [4.69, 9.17) is 4.74 Å². The Kier molecular flexibility index (Phi) is 6.59. The minimum Gasteiger partial charge on any atom is -0.508 e. The predicted molar refractivity (Wildman–Crippen MR) is 78.7 cm³/mol. The second kappa shape index (κ2) is 8.22. The van der Waals surface area contributed by atoms with Crippen molar-refractivity contribution in [2.24, 2.45) is 0 Å². The Morgan fingerprint density at radius 2 is 2.25 bits per heavy atom. The van der Waals surface area contributed by atoms with Crippen LogP contribution >= 0.6 is 0 Å². The molecule has 0 saturated carbocycles. The van der Waals surface area contributed by atoms with E-state index in [1.165, 1.54) is 0 Å². The van der Waals surface area contributed by atoms with Crippen LogP contribution in [0, 0.1) is 0 Å². The molecule has 1 aromatic rings. The number of amides is 2. The molecule has 20 heavy (non-hydrogen) atoms. The first-order chi connectivity index (χ1) is 9.49. The van der Waals surface area contributed by atoms with Gasteiger partial charge in [-0.2, -0.15) is 0 Å². The average Bonchev–Trinajstić information content (AvgIpc) is 2.37. The van der Waals surface area contributed by atoms with Gasteiger partial charge in [0.2, 0.25) is 0 Å². The van der Waals surface area contributed by atoms with Crippen molar-refractivity contribution in [2.75, 3.05) is 19.8 Å². The first-order valence-corrected chi connectivity index (χ1v) is 6.54. The van der Waals surface area contributed by atoms with Crippen molar-refractivity contribution in [1.82, 2.24) is 10.6 Å². The Balaban J connectivity index is 2.26. The maximum Gasteiger partial charge on any atom is 0.315 e. The number of hydrogen-bond acceptors (Lipinski definition) is 3. The molecule has 0 aromatic heterocycles. The van der Waals surface area contributed by atoms with E-state index in [1.807, 2.05) is 19.9 Å². The fourth-order valence-electron chi connectivity index (χ4n) is 1.61. The average molecular weight is 278 g/mol. The summed E-state index contributed by atoms with van der Waals surface area (Å²) in [5, 5.41) is 14.9. The van der Waals surface area contributed by atoms with Gasteiger partial charge in [0.25, 0.3) is 0 Å². The summed E-state index contributed by atoms with van der Waals surface area (Å²) < 4.78 is 5.28. The molecule has 0 aliphatic heterocycles. The van der Waals surface area contributed by atoms with Gasteiger partial charge in [-0.15, -0.1) is 0 Å². The van der Waals surface area contributed by atoms with Crippen LogP contribution in [-0.2, 0) is 4.74 Å². The Bertz CT molecular complexity index is 460. The molecule has 0 radical (unpaired) electrons. The zero-order chi connectivity index (χ0) is 15.0. The second-order valence-electron chi connectivity index (χ2n) is 4.73. The Morgan fingerprint density at radius 3 is 2.90 bits per heavy atom. The van der Waals surface area contributed by atoms with Crippen molar-refractivity contribution in [1.29, 1.82) is 0 Å². The zero-order valence-corrected chi connectivity index (χ0v) is 12.0. The maximum absolute atomic E-state index is 11.7. The van der Waals surface area contributed by atoms with Crippen LogP contribution in [0.3, 0.4) is 0 Å². The van der Waals surface area contributed by atoms with Crippen LogP contribution in [0.2, 0.25) is 0 Å².